The number of nitrogens with zero attached hydrogens (tertiary/aromatic N) is 3. The van der Waals surface area contributed by atoms with Gasteiger partial charge in [0.1, 0.15) is 11.4 Å². The molecule has 0 aromatic carbocycles. The van der Waals surface area contributed by atoms with Crippen LogP contribution in [0.4, 0.5) is 0 Å². The molecule has 24 heavy (non-hydrogen) atoms. The molecule has 0 unspecified atom stereocenters. The molecule has 128 valence electrons. The average molecular weight is 328 g/mol. The number of piperazine rings is 1. The number of pyridine rings is 1. The highest BCUT2D eigenvalue weighted by Crippen LogP contribution is 2.36. The second kappa shape index (κ2) is 6.18. The van der Waals surface area contributed by atoms with Crippen LogP contribution in [-0.4, -0.2) is 46.6 Å². The van der Waals surface area contributed by atoms with Crippen molar-refractivity contribution in [3.63, 3.8) is 0 Å². The van der Waals surface area contributed by atoms with Crippen LogP contribution >= 0.6 is 0 Å². The van der Waals surface area contributed by atoms with Gasteiger partial charge in [0.2, 0.25) is 0 Å². The fourth-order valence-electron chi connectivity index (χ4n) is 4.19. The van der Waals surface area contributed by atoms with Gasteiger partial charge in [0.05, 0.1) is 12.7 Å². The van der Waals surface area contributed by atoms with Crippen molar-refractivity contribution in [2.45, 2.75) is 37.8 Å². The minimum Gasteiger partial charge on any atom is -0.497 e. The summed E-state index contributed by atoms with van der Waals surface area (Å²) in [5, 5.41) is 3.54. The van der Waals surface area contributed by atoms with Crippen molar-refractivity contribution in [1.82, 2.24) is 19.6 Å². The summed E-state index contributed by atoms with van der Waals surface area (Å²) >= 11 is 0. The van der Waals surface area contributed by atoms with E-state index >= 15 is 0 Å². The van der Waals surface area contributed by atoms with Gasteiger partial charge in [0.15, 0.2) is 0 Å². The third-order valence-electron chi connectivity index (χ3n) is 5.57. The van der Waals surface area contributed by atoms with Crippen LogP contribution in [0.3, 0.4) is 0 Å². The monoisotopic (exact) mass is 328 g/mol. The first-order valence-corrected chi connectivity index (χ1v) is 8.72. The second-order valence-corrected chi connectivity index (χ2v) is 6.91. The average Bonchev–Trinajstić information content (AvgIpc) is 3.08. The SMILES string of the molecule is COc1ccn2c(=O)c(CN3CCNCC34CCCC4)cnc2c1. The number of methoxy groups -OCH3 is 1. The lowest BCUT2D eigenvalue weighted by Crippen LogP contribution is -2.59. The van der Waals surface area contributed by atoms with Crippen molar-refractivity contribution in [3.05, 3.63) is 40.4 Å². The van der Waals surface area contributed by atoms with Gasteiger partial charge in [0, 0.05) is 50.2 Å². The summed E-state index contributed by atoms with van der Waals surface area (Å²) in [7, 11) is 1.61. The topological polar surface area (TPSA) is 58.9 Å². The summed E-state index contributed by atoms with van der Waals surface area (Å²) in [6, 6.07) is 3.58. The lowest BCUT2D eigenvalue weighted by molar-refractivity contribution is 0.0567. The van der Waals surface area contributed by atoms with Crippen LogP contribution in [0, 0.1) is 0 Å². The fraction of sp³-hybridized carbons (Fsp3) is 0.556. The smallest absolute Gasteiger partial charge is 0.262 e. The van der Waals surface area contributed by atoms with Gasteiger partial charge < -0.3 is 10.1 Å². The molecule has 2 fully saturated rings. The van der Waals surface area contributed by atoms with E-state index in [1.54, 1.807) is 36.0 Å². The molecule has 1 aliphatic carbocycles. The predicted octanol–water partition coefficient (Wildman–Crippen LogP) is 1.42. The Labute approximate surface area is 141 Å². The third kappa shape index (κ3) is 2.59. The Morgan fingerprint density at radius 2 is 2.21 bits per heavy atom. The molecular weight excluding hydrogens is 304 g/mol. The van der Waals surface area contributed by atoms with Crippen molar-refractivity contribution < 1.29 is 4.74 Å². The minimum absolute atomic E-state index is 0.0225. The number of aromatic nitrogens is 2. The maximum atomic E-state index is 12.8. The highest BCUT2D eigenvalue weighted by molar-refractivity contribution is 5.44. The Morgan fingerprint density at radius 1 is 1.38 bits per heavy atom. The summed E-state index contributed by atoms with van der Waals surface area (Å²) in [6.07, 6.45) is 8.50. The van der Waals surface area contributed by atoms with Gasteiger partial charge in [-0.15, -0.1) is 0 Å². The lowest BCUT2D eigenvalue weighted by atomic mass is 9.92. The first-order chi connectivity index (χ1) is 11.7. The zero-order valence-electron chi connectivity index (χ0n) is 14.1. The number of hydrogen-bond donors (Lipinski definition) is 1. The van der Waals surface area contributed by atoms with Gasteiger partial charge >= 0.3 is 0 Å². The Kier molecular flexibility index (Phi) is 4.02. The van der Waals surface area contributed by atoms with Gasteiger partial charge in [-0.25, -0.2) is 4.98 Å². The number of fused-ring (bicyclic) bond motifs is 1. The molecule has 4 rings (SSSR count). The third-order valence-corrected chi connectivity index (χ3v) is 5.57. The number of nitrogens with one attached hydrogen (secondary N) is 1. The van der Waals surface area contributed by atoms with E-state index in [-0.39, 0.29) is 11.1 Å². The molecule has 2 aromatic rings. The summed E-state index contributed by atoms with van der Waals surface area (Å²) in [5.41, 5.74) is 1.64. The standard InChI is InChI=1S/C18H24N4O2/c1-24-15-4-8-22-16(10-15)20-11-14(17(22)23)12-21-9-7-19-13-18(21)5-2-3-6-18/h4,8,10-11,19H,2-3,5-7,9,12-13H2,1H3. The summed E-state index contributed by atoms with van der Waals surface area (Å²) in [6.45, 7) is 3.70. The van der Waals surface area contributed by atoms with Gasteiger partial charge in [-0.2, -0.15) is 0 Å². The van der Waals surface area contributed by atoms with Gasteiger partial charge in [-0.1, -0.05) is 12.8 Å². The molecule has 1 saturated carbocycles. The summed E-state index contributed by atoms with van der Waals surface area (Å²) in [4.78, 5) is 19.8. The van der Waals surface area contributed by atoms with Crippen molar-refractivity contribution in [2.24, 2.45) is 0 Å². The molecule has 1 spiro atoms. The van der Waals surface area contributed by atoms with Crippen molar-refractivity contribution in [3.8, 4) is 5.75 Å². The maximum Gasteiger partial charge on any atom is 0.262 e. The van der Waals surface area contributed by atoms with Crippen LogP contribution in [0.2, 0.25) is 0 Å². The van der Waals surface area contributed by atoms with Gasteiger partial charge in [-0.05, 0) is 18.9 Å². The van der Waals surface area contributed by atoms with E-state index in [0.29, 0.717) is 17.9 Å². The number of hydrogen-bond acceptors (Lipinski definition) is 5. The van der Waals surface area contributed by atoms with Crippen LogP contribution in [0.1, 0.15) is 31.2 Å². The fourth-order valence-corrected chi connectivity index (χ4v) is 4.19. The Bertz CT molecular complexity index is 795. The predicted molar refractivity (Wildman–Crippen MR) is 92.5 cm³/mol. The van der Waals surface area contributed by atoms with Gasteiger partial charge in [0.25, 0.3) is 5.56 Å². The molecule has 3 heterocycles. The first-order valence-electron chi connectivity index (χ1n) is 8.72. The minimum atomic E-state index is 0.0225. The molecule has 1 aliphatic heterocycles. The highest BCUT2D eigenvalue weighted by atomic mass is 16.5. The summed E-state index contributed by atoms with van der Waals surface area (Å²) < 4.78 is 6.82. The lowest BCUT2D eigenvalue weighted by Gasteiger charge is -2.45. The van der Waals surface area contributed by atoms with Crippen molar-refractivity contribution in [2.75, 3.05) is 26.7 Å². The van der Waals surface area contributed by atoms with Crippen LogP contribution in [0.25, 0.3) is 5.65 Å². The molecule has 2 aliphatic rings. The van der Waals surface area contributed by atoms with Crippen LogP contribution in [-0.2, 0) is 6.54 Å². The molecule has 0 amide bonds. The van der Waals surface area contributed by atoms with E-state index in [0.717, 1.165) is 25.2 Å². The van der Waals surface area contributed by atoms with E-state index in [2.05, 4.69) is 15.2 Å². The zero-order chi connectivity index (χ0) is 16.6. The molecule has 1 N–H and O–H groups in total. The normalized spacial score (nSPS) is 20.7. The van der Waals surface area contributed by atoms with E-state index in [9.17, 15) is 4.79 Å². The van der Waals surface area contributed by atoms with Crippen molar-refractivity contribution in [1.29, 1.82) is 0 Å². The highest BCUT2D eigenvalue weighted by Gasteiger charge is 2.41. The summed E-state index contributed by atoms with van der Waals surface area (Å²) in [5.74, 6) is 0.710. The zero-order valence-corrected chi connectivity index (χ0v) is 14.1. The second-order valence-electron chi connectivity index (χ2n) is 6.91. The quantitative estimate of drug-likeness (QED) is 0.923. The van der Waals surface area contributed by atoms with Gasteiger partial charge in [-0.3, -0.25) is 14.1 Å². The van der Waals surface area contributed by atoms with Crippen LogP contribution < -0.4 is 15.6 Å². The largest absolute Gasteiger partial charge is 0.497 e. The molecule has 1 saturated heterocycles. The van der Waals surface area contributed by atoms with Crippen molar-refractivity contribution >= 4 is 5.65 Å². The molecule has 6 heteroatoms. The molecule has 0 atom stereocenters. The number of ether oxygens (including phenoxy) is 1. The molecule has 0 bridgehead atoms. The maximum absolute atomic E-state index is 12.8. The molecule has 2 aromatic heterocycles. The van der Waals surface area contributed by atoms with E-state index in [1.807, 2.05) is 0 Å². The van der Waals surface area contributed by atoms with Crippen LogP contribution in [0.15, 0.2) is 29.3 Å². The Balaban J connectivity index is 1.66. The molecule has 6 nitrogen and oxygen atoms in total. The van der Waals surface area contributed by atoms with E-state index < -0.39 is 0 Å². The first kappa shape index (κ1) is 15.6. The molecular formula is C18H24N4O2. The van der Waals surface area contributed by atoms with E-state index in [4.69, 9.17) is 4.74 Å². The van der Waals surface area contributed by atoms with Crippen LogP contribution in [0.5, 0.6) is 5.75 Å². The van der Waals surface area contributed by atoms with E-state index in [1.165, 1.54) is 25.7 Å². The Hall–Kier alpha value is -1.92. The number of rotatable bonds is 3. The Morgan fingerprint density at radius 3 is 3.00 bits per heavy atom. The molecule has 0 radical (unpaired) electrons.